The van der Waals surface area contributed by atoms with Gasteiger partial charge in [-0.15, -0.1) is 0 Å². The van der Waals surface area contributed by atoms with Gasteiger partial charge in [-0.2, -0.15) is 12.7 Å². The lowest BCUT2D eigenvalue weighted by atomic mass is 9.91. The largest absolute Gasteiger partial charge is 0.324 e. The van der Waals surface area contributed by atoms with Gasteiger partial charge in [0.15, 0.2) is 5.78 Å². The summed E-state index contributed by atoms with van der Waals surface area (Å²) < 4.78 is 43.7. The summed E-state index contributed by atoms with van der Waals surface area (Å²) in [4.78, 5) is 18.4. The number of piperazine rings is 1. The molecule has 0 bridgehead atoms. The van der Waals surface area contributed by atoms with E-state index in [1.54, 1.807) is 12.1 Å². The first-order valence-electron chi connectivity index (χ1n) is 10.9. The highest BCUT2D eigenvalue weighted by molar-refractivity contribution is 7.90. The quantitative estimate of drug-likeness (QED) is 0.565. The van der Waals surface area contributed by atoms with Crippen LogP contribution in [0.5, 0.6) is 0 Å². The maximum Gasteiger partial charge on any atom is 0.304 e. The second-order valence-electron chi connectivity index (χ2n) is 8.30. The Hall–Kier alpha value is -2.11. The van der Waals surface area contributed by atoms with Crippen molar-refractivity contribution in [2.45, 2.75) is 31.8 Å². The number of benzene rings is 1. The van der Waals surface area contributed by atoms with Gasteiger partial charge in [0.2, 0.25) is 0 Å². The average Bonchev–Trinajstić information content (AvgIpc) is 2.78. The lowest BCUT2D eigenvalue weighted by Gasteiger charge is -2.43. The van der Waals surface area contributed by atoms with Crippen molar-refractivity contribution < 1.29 is 17.6 Å². The van der Waals surface area contributed by atoms with Crippen molar-refractivity contribution in [2.24, 2.45) is 5.73 Å². The van der Waals surface area contributed by atoms with E-state index in [0.29, 0.717) is 43.5 Å². The van der Waals surface area contributed by atoms with Gasteiger partial charge in [0, 0.05) is 44.0 Å². The Bertz CT molecular complexity index is 1100. The molecular weight excluding hydrogens is 469 g/mol. The number of hydrogen-bond acceptors (Lipinski definition) is 6. The van der Waals surface area contributed by atoms with Crippen LogP contribution in [0.25, 0.3) is 0 Å². The molecule has 1 saturated heterocycles. The lowest BCUT2D eigenvalue weighted by molar-refractivity contribution is 0.0888. The van der Waals surface area contributed by atoms with Crippen LogP contribution in [0.15, 0.2) is 36.5 Å². The summed E-state index contributed by atoms with van der Waals surface area (Å²) in [5.41, 5.74) is 6.42. The first kappa shape index (κ1) is 24.0. The Morgan fingerprint density at radius 3 is 2.45 bits per heavy atom. The monoisotopic (exact) mass is 495 g/mol. The number of Topliss-reactive ketones (excluding diaryl/α,β-unsaturated/α-hetero) is 1. The van der Waals surface area contributed by atoms with Crippen LogP contribution in [0.1, 0.15) is 35.3 Å². The summed E-state index contributed by atoms with van der Waals surface area (Å²) in [5.74, 6) is -0.886. The van der Waals surface area contributed by atoms with Crippen molar-refractivity contribution in [1.82, 2.24) is 14.2 Å². The maximum atomic E-state index is 13.8. The zero-order valence-corrected chi connectivity index (χ0v) is 19.7. The molecule has 2 heterocycles. The van der Waals surface area contributed by atoms with Gasteiger partial charge in [0.25, 0.3) is 0 Å². The second kappa shape index (κ2) is 10.0. The van der Waals surface area contributed by atoms with E-state index in [0.717, 1.165) is 6.07 Å². The van der Waals surface area contributed by atoms with Crippen molar-refractivity contribution in [3.63, 3.8) is 0 Å². The minimum atomic E-state index is -3.94. The van der Waals surface area contributed by atoms with Crippen molar-refractivity contribution in [3.05, 3.63) is 58.6 Å². The van der Waals surface area contributed by atoms with E-state index in [4.69, 9.17) is 17.3 Å². The van der Waals surface area contributed by atoms with Crippen molar-refractivity contribution >= 4 is 33.3 Å². The Morgan fingerprint density at radius 1 is 1.18 bits per heavy atom. The number of carbonyl (C=O) groups excluding carboxylic acids is 1. The number of pyridine rings is 1. The van der Waals surface area contributed by atoms with Crippen LogP contribution in [0, 0.1) is 5.82 Å². The van der Waals surface area contributed by atoms with E-state index in [1.807, 2.05) is 0 Å². The fraction of sp³-hybridized carbons (Fsp3) is 0.455. The number of ketones is 1. The van der Waals surface area contributed by atoms with Crippen LogP contribution in [-0.2, 0) is 16.8 Å². The Labute approximate surface area is 198 Å². The zero-order valence-electron chi connectivity index (χ0n) is 18.2. The molecule has 8 nitrogen and oxygen atoms in total. The molecule has 2 fully saturated rings. The predicted octanol–water partition coefficient (Wildman–Crippen LogP) is 2.44. The number of anilines is 1. The van der Waals surface area contributed by atoms with Crippen LogP contribution in [0.3, 0.4) is 0 Å². The molecule has 178 valence electrons. The summed E-state index contributed by atoms with van der Waals surface area (Å²) in [6.45, 7) is 1.88. The van der Waals surface area contributed by atoms with Gasteiger partial charge >= 0.3 is 10.2 Å². The normalized spacial score (nSPS) is 18.2. The van der Waals surface area contributed by atoms with Gasteiger partial charge in [-0.25, -0.2) is 4.39 Å². The molecule has 2 N–H and O–H groups in total. The SMILES string of the molecule is NCC(=O)c1ccc(CN(c2ccc(F)c(Cl)c2)S(=O)(=O)N2CCN(C3CCC3)CC2)nc1. The van der Waals surface area contributed by atoms with E-state index in [-0.39, 0.29) is 29.6 Å². The van der Waals surface area contributed by atoms with Crippen molar-refractivity contribution in [2.75, 3.05) is 37.0 Å². The van der Waals surface area contributed by atoms with E-state index < -0.39 is 16.0 Å². The van der Waals surface area contributed by atoms with Crippen LogP contribution < -0.4 is 10.0 Å². The van der Waals surface area contributed by atoms with E-state index in [9.17, 15) is 17.6 Å². The summed E-state index contributed by atoms with van der Waals surface area (Å²) in [6, 6.07) is 7.54. The fourth-order valence-electron chi connectivity index (χ4n) is 4.08. The number of halogens is 2. The van der Waals surface area contributed by atoms with E-state index in [1.165, 1.54) is 46.2 Å². The highest BCUT2D eigenvalue weighted by Crippen LogP contribution is 2.30. The molecule has 2 aromatic rings. The predicted molar refractivity (Wildman–Crippen MR) is 125 cm³/mol. The van der Waals surface area contributed by atoms with Crippen LogP contribution >= 0.6 is 11.6 Å². The molecule has 2 aliphatic rings. The molecule has 0 amide bonds. The number of rotatable bonds is 8. The average molecular weight is 496 g/mol. The maximum absolute atomic E-state index is 13.8. The molecule has 0 spiro atoms. The molecular formula is C22H27ClFN5O3S. The molecule has 1 aliphatic heterocycles. The molecule has 0 unspecified atom stereocenters. The molecule has 1 aliphatic carbocycles. The lowest BCUT2D eigenvalue weighted by Crippen LogP contribution is -2.56. The summed E-state index contributed by atoms with van der Waals surface area (Å²) in [6.07, 6.45) is 4.94. The number of carbonyl (C=O) groups is 1. The fourth-order valence-corrected chi connectivity index (χ4v) is 5.84. The van der Waals surface area contributed by atoms with Gasteiger partial charge in [-0.3, -0.25) is 19.0 Å². The zero-order chi connectivity index (χ0) is 23.6. The third kappa shape index (κ3) is 5.20. The molecule has 1 saturated carbocycles. The highest BCUT2D eigenvalue weighted by atomic mass is 35.5. The minimum absolute atomic E-state index is 0.0930. The molecule has 0 radical (unpaired) electrons. The number of nitrogens with two attached hydrogens (primary N) is 1. The van der Waals surface area contributed by atoms with E-state index in [2.05, 4.69) is 9.88 Å². The third-order valence-electron chi connectivity index (χ3n) is 6.30. The first-order valence-corrected chi connectivity index (χ1v) is 12.7. The summed E-state index contributed by atoms with van der Waals surface area (Å²) in [5, 5.41) is -0.167. The second-order valence-corrected chi connectivity index (χ2v) is 10.6. The summed E-state index contributed by atoms with van der Waals surface area (Å²) in [7, 11) is -3.94. The standard InChI is InChI=1S/C22H27ClFN5O3S/c23-20-12-19(6-7-21(20)24)29(15-17-5-4-16(14-26-17)22(30)13-25)33(31,32)28-10-8-27(9-11-28)18-2-1-3-18/h4-7,12,14,18H,1-3,8-11,13,15,25H2. The van der Waals surface area contributed by atoms with Crippen LogP contribution in [0.4, 0.5) is 10.1 Å². The van der Waals surface area contributed by atoms with Gasteiger partial charge < -0.3 is 5.73 Å². The Balaban J connectivity index is 1.59. The van der Waals surface area contributed by atoms with Gasteiger partial charge in [-0.05, 0) is 43.2 Å². The number of nitrogens with zero attached hydrogens (tertiary/aromatic N) is 4. The molecule has 0 atom stereocenters. The number of hydrogen-bond donors (Lipinski definition) is 1. The van der Waals surface area contributed by atoms with Crippen molar-refractivity contribution in [1.29, 1.82) is 0 Å². The van der Waals surface area contributed by atoms with Gasteiger partial charge in [0.1, 0.15) is 5.82 Å². The molecule has 1 aromatic carbocycles. The van der Waals surface area contributed by atoms with Gasteiger partial charge in [-0.1, -0.05) is 18.0 Å². The smallest absolute Gasteiger partial charge is 0.304 e. The minimum Gasteiger partial charge on any atom is -0.324 e. The Morgan fingerprint density at radius 2 is 1.91 bits per heavy atom. The third-order valence-corrected chi connectivity index (χ3v) is 8.50. The molecule has 4 rings (SSSR count). The van der Waals surface area contributed by atoms with Crippen LogP contribution in [0.2, 0.25) is 5.02 Å². The molecule has 11 heteroatoms. The van der Waals surface area contributed by atoms with Crippen molar-refractivity contribution in [3.8, 4) is 0 Å². The Kier molecular flexibility index (Phi) is 7.30. The first-order chi connectivity index (χ1) is 15.8. The van der Waals surface area contributed by atoms with E-state index >= 15 is 0 Å². The number of aromatic nitrogens is 1. The van der Waals surface area contributed by atoms with Gasteiger partial charge in [0.05, 0.1) is 29.5 Å². The van der Waals surface area contributed by atoms with Crippen LogP contribution in [-0.4, -0.2) is 67.2 Å². The summed E-state index contributed by atoms with van der Waals surface area (Å²) >= 11 is 5.96. The molecule has 1 aromatic heterocycles. The highest BCUT2D eigenvalue weighted by Gasteiger charge is 2.36. The molecule has 33 heavy (non-hydrogen) atoms. The topological polar surface area (TPSA) is 99.8 Å².